The van der Waals surface area contributed by atoms with Crippen LogP contribution in [0.4, 0.5) is 0 Å². The number of hydrogen-bond acceptors (Lipinski definition) is 7. The summed E-state index contributed by atoms with van der Waals surface area (Å²) in [4.78, 5) is 36.0. The van der Waals surface area contributed by atoms with Crippen LogP contribution in [0, 0.1) is 0 Å². The molecule has 0 spiro atoms. The zero-order valence-corrected chi connectivity index (χ0v) is 66.4. The average molecular weight is 1430 g/mol. The first-order valence-electron chi connectivity index (χ1n) is 40.5. The van der Waals surface area contributed by atoms with E-state index < -0.39 is 26.5 Å². The SMILES string of the molecule is CC/C=C\C/C=C\C/C=C\C/C=C\C/C=C\C/C=C\C/C=C\C/C=C\C/C=C\C/C=C\CCCCCCCCCCC(=O)OC(COC(=O)CCCCCCCCCCCCCCCC/C=C\C/C=C\C/C=C\C/C=C\C/C=C\C/C=C\C/C=C\C/C=C\CC)COP(=O)(O)OCC[N+](C)(C)C. The summed E-state index contributed by atoms with van der Waals surface area (Å²) in [7, 11) is 1.45. The molecule has 0 bridgehead atoms. The molecule has 574 valence electrons. The number of rotatable bonds is 72. The van der Waals surface area contributed by atoms with E-state index in [9.17, 15) is 19.0 Å². The lowest BCUT2D eigenvalue weighted by Gasteiger charge is -2.24. The molecule has 0 aliphatic heterocycles. The van der Waals surface area contributed by atoms with Gasteiger partial charge in [0.15, 0.2) is 6.10 Å². The van der Waals surface area contributed by atoms with Crippen LogP contribution >= 0.6 is 7.82 Å². The molecular weight excluding hydrogens is 1280 g/mol. The minimum Gasteiger partial charge on any atom is -0.462 e. The van der Waals surface area contributed by atoms with Crippen LogP contribution in [-0.4, -0.2) is 74.9 Å². The quantitative estimate of drug-likeness (QED) is 0.0211. The van der Waals surface area contributed by atoms with Crippen molar-refractivity contribution in [3.05, 3.63) is 219 Å². The van der Waals surface area contributed by atoms with Gasteiger partial charge in [0.2, 0.25) is 0 Å². The van der Waals surface area contributed by atoms with Gasteiger partial charge in [0, 0.05) is 12.8 Å². The van der Waals surface area contributed by atoms with Crippen molar-refractivity contribution in [2.75, 3.05) is 47.5 Å². The Morgan fingerprint density at radius 3 is 0.784 bits per heavy atom. The minimum absolute atomic E-state index is 0.0199. The molecule has 0 rings (SSSR count). The smallest absolute Gasteiger partial charge is 0.462 e. The average Bonchev–Trinajstić information content (AvgIpc) is 0.914. The molecule has 0 heterocycles. The van der Waals surface area contributed by atoms with Gasteiger partial charge in [-0.25, -0.2) is 4.57 Å². The van der Waals surface area contributed by atoms with Crippen LogP contribution < -0.4 is 0 Å². The summed E-state index contributed by atoms with van der Waals surface area (Å²) in [6, 6.07) is 0. The van der Waals surface area contributed by atoms with Crippen LogP contribution in [0.25, 0.3) is 0 Å². The fourth-order valence-electron chi connectivity index (χ4n) is 10.4. The van der Waals surface area contributed by atoms with E-state index in [0.717, 1.165) is 161 Å². The van der Waals surface area contributed by atoms with Crippen LogP contribution in [0.1, 0.15) is 296 Å². The Labute approximate surface area is 627 Å². The Bertz CT molecular complexity index is 2530. The summed E-state index contributed by atoms with van der Waals surface area (Å²) in [5, 5.41) is 0. The third-order valence-electron chi connectivity index (χ3n) is 16.5. The number of unbranched alkanes of at least 4 members (excludes halogenated alkanes) is 22. The molecule has 0 aromatic carbocycles. The van der Waals surface area contributed by atoms with Crippen LogP contribution in [0.3, 0.4) is 0 Å². The first-order valence-corrected chi connectivity index (χ1v) is 42.0. The van der Waals surface area contributed by atoms with Crippen molar-refractivity contribution in [2.24, 2.45) is 0 Å². The highest BCUT2D eigenvalue weighted by atomic mass is 31.2. The number of allylic oxidation sites excluding steroid dienone is 36. The van der Waals surface area contributed by atoms with Crippen molar-refractivity contribution in [3.8, 4) is 0 Å². The molecule has 0 aliphatic carbocycles. The van der Waals surface area contributed by atoms with Crippen molar-refractivity contribution in [3.63, 3.8) is 0 Å². The van der Waals surface area contributed by atoms with E-state index in [0.29, 0.717) is 17.4 Å². The lowest BCUT2D eigenvalue weighted by atomic mass is 10.0. The molecule has 9 nitrogen and oxygen atoms in total. The second-order valence-electron chi connectivity index (χ2n) is 27.3. The Balaban J connectivity index is 4.08. The number of carbonyl (C=O) groups is 2. The van der Waals surface area contributed by atoms with Gasteiger partial charge in [-0.1, -0.05) is 348 Å². The molecule has 0 radical (unpaired) electrons. The van der Waals surface area contributed by atoms with Gasteiger partial charge in [0.1, 0.15) is 19.8 Å². The zero-order chi connectivity index (χ0) is 74.0. The van der Waals surface area contributed by atoms with Gasteiger partial charge >= 0.3 is 19.8 Å². The van der Waals surface area contributed by atoms with E-state index in [-0.39, 0.29) is 32.0 Å². The highest BCUT2D eigenvalue weighted by molar-refractivity contribution is 7.47. The number of phosphoric acid groups is 1. The molecule has 0 aromatic rings. The van der Waals surface area contributed by atoms with Crippen molar-refractivity contribution in [1.29, 1.82) is 0 Å². The van der Waals surface area contributed by atoms with Crippen molar-refractivity contribution < 1.29 is 42.1 Å². The Kier molecular flexibility index (Phi) is 75.0. The van der Waals surface area contributed by atoms with Crippen molar-refractivity contribution >= 4 is 19.8 Å². The molecule has 102 heavy (non-hydrogen) atoms. The van der Waals surface area contributed by atoms with Gasteiger partial charge in [-0.3, -0.25) is 18.6 Å². The third-order valence-corrected chi connectivity index (χ3v) is 17.5. The van der Waals surface area contributed by atoms with Crippen LogP contribution in [-0.2, 0) is 32.7 Å². The largest absolute Gasteiger partial charge is 0.472 e. The van der Waals surface area contributed by atoms with Gasteiger partial charge in [0.05, 0.1) is 27.7 Å². The molecule has 2 atom stereocenters. The minimum atomic E-state index is -4.41. The second kappa shape index (κ2) is 79.4. The maximum Gasteiger partial charge on any atom is 0.472 e. The molecule has 0 aromatic heterocycles. The van der Waals surface area contributed by atoms with Gasteiger partial charge in [-0.2, -0.15) is 0 Å². The van der Waals surface area contributed by atoms with Crippen LogP contribution in [0.15, 0.2) is 219 Å². The summed E-state index contributed by atoms with van der Waals surface area (Å²) in [6.45, 7) is 4.19. The number of ether oxygens (including phenoxy) is 2. The topological polar surface area (TPSA) is 108 Å². The molecule has 0 saturated carbocycles. The Morgan fingerprint density at radius 2 is 0.529 bits per heavy atom. The van der Waals surface area contributed by atoms with Crippen molar-refractivity contribution in [2.45, 2.75) is 302 Å². The molecule has 0 fully saturated rings. The van der Waals surface area contributed by atoms with E-state index in [1.54, 1.807) is 0 Å². The maximum atomic E-state index is 12.9. The summed E-state index contributed by atoms with van der Waals surface area (Å²) in [5.74, 6) is -0.816. The van der Waals surface area contributed by atoms with Gasteiger partial charge in [-0.05, 0) is 154 Å². The normalized spacial score (nSPS) is 14.2. The van der Waals surface area contributed by atoms with Gasteiger partial charge < -0.3 is 18.9 Å². The number of phosphoric ester groups is 1. The van der Waals surface area contributed by atoms with E-state index >= 15 is 0 Å². The van der Waals surface area contributed by atoms with Gasteiger partial charge in [0.25, 0.3) is 0 Å². The number of nitrogens with zero attached hydrogens (tertiary/aromatic N) is 1. The van der Waals surface area contributed by atoms with Crippen LogP contribution in [0.2, 0.25) is 0 Å². The van der Waals surface area contributed by atoms with E-state index in [1.165, 1.54) is 103 Å². The lowest BCUT2D eigenvalue weighted by molar-refractivity contribution is -0.870. The van der Waals surface area contributed by atoms with E-state index in [1.807, 2.05) is 21.1 Å². The fourth-order valence-corrected chi connectivity index (χ4v) is 11.2. The molecule has 0 amide bonds. The zero-order valence-electron chi connectivity index (χ0n) is 65.5. The summed E-state index contributed by atoms with van der Waals surface area (Å²) >= 11 is 0. The number of esters is 2. The predicted octanol–water partition coefficient (Wildman–Crippen LogP) is 27.5. The molecule has 0 saturated heterocycles. The standard InChI is InChI=1S/C92H148NO8P/c1-6-8-10-12-14-16-18-20-22-24-26-28-30-32-34-36-38-40-42-44-46-48-50-52-54-56-58-60-62-64-66-68-70-72-74-76-78-80-82-84-91(94)98-88-90(89-100-102(96,97)99-87-86-93(3,4)5)101-92(95)85-83-81-79-77-75-73-71-69-67-65-63-61-59-57-55-53-51-49-47-45-43-41-39-37-35-33-31-29-27-25-23-21-19-17-15-13-11-9-7-2/h8-11,14-17,20-23,26-29,32-35,38-41,44-47,50-53,57,59,63,65,90H,6-7,12-13,18-19,24-25,30-31,36-37,42-43,48-49,54-56,58,60-62,64,66-89H2,1-5H3/p+1/b10-8-,11-9-,16-14-,17-15-,22-20-,23-21-,28-26-,29-27-,34-32-,35-33-,40-38-,41-39-,46-44-,47-45-,52-50-,53-51-,59-57-,65-63-. The number of quaternary nitrogens is 1. The Morgan fingerprint density at radius 1 is 0.304 bits per heavy atom. The number of carbonyl (C=O) groups excluding carboxylic acids is 2. The lowest BCUT2D eigenvalue weighted by Crippen LogP contribution is -2.37. The first kappa shape index (κ1) is 96.3. The molecule has 10 heteroatoms. The maximum absolute atomic E-state index is 12.9. The Hall–Kier alpha value is -5.67. The molecule has 1 N–H and O–H groups in total. The van der Waals surface area contributed by atoms with Crippen LogP contribution in [0.5, 0.6) is 0 Å². The summed E-state index contributed by atoms with van der Waals surface area (Å²) in [6.07, 6.45) is 126. The summed E-state index contributed by atoms with van der Waals surface area (Å²) in [5.41, 5.74) is 0. The van der Waals surface area contributed by atoms with E-state index in [4.69, 9.17) is 18.5 Å². The van der Waals surface area contributed by atoms with Crippen molar-refractivity contribution in [1.82, 2.24) is 0 Å². The third kappa shape index (κ3) is 83.3. The predicted molar refractivity (Wildman–Crippen MR) is 444 cm³/mol. The molecule has 2 unspecified atom stereocenters. The monoisotopic (exact) mass is 1430 g/mol. The molecular formula is C92H149NO8P+. The van der Waals surface area contributed by atoms with Gasteiger partial charge in [-0.15, -0.1) is 0 Å². The highest BCUT2D eigenvalue weighted by Crippen LogP contribution is 2.43. The molecule has 0 aliphatic rings. The summed E-state index contributed by atoms with van der Waals surface area (Å²) < 4.78 is 34.8. The second-order valence-corrected chi connectivity index (χ2v) is 28.8. The van der Waals surface area contributed by atoms with E-state index in [2.05, 4.69) is 233 Å². The fraction of sp³-hybridized carbons (Fsp3) is 0.587. The number of hydrogen-bond donors (Lipinski definition) is 1. The first-order chi connectivity index (χ1) is 50.0. The highest BCUT2D eigenvalue weighted by Gasteiger charge is 2.27. The number of likely N-dealkylation sites (N-methyl/N-ethyl adjacent to an activating group) is 1.